The van der Waals surface area contributed by atoms with Crippen molar-refractivity contribution >= 4 is 17.7 Å². The predicted octanol–water partition coefficient (Wildman–Crippen LogP) is 2.77. The third-order valence-electron chi connectivity index (χ3n) is 2.80. The van der Waals surface area contributed by atoms with Gasteiger partial charge < -0.3 is 9.47 Å². The number of carbonyl (C=O) groups is 3. The van der Waals surface area contributed by atoms with Gasteiger partial charge in [-0.25, -0.2) is 0 Å². The Bertz CT molecular complexity index is 533. The fourth-order valence-corrected chi connectivity index (χ4v) is 1.64. The number of para-hydroxylation sites is 1. The fourth-order valence-electron chi connectivity index (χ4n) is 1.64. The van der Waals surface area contributed by atoms with E-state index in [-0.39, 0.29) is 28.8 Å². The number of Topliss-reactive ketones (excluding diaryl/α,β-unsaturated/α-hetero) is 1. The van der Waals surface area contributed by atoms with Crippen molar-refractivity contribution in [3.8, 4) is 11.5 Å². The molecule has 0 spiro atoms. The highest BCUT2D eigenvalue weighted by atomic mass is 16.6. The molecule has 0 aromatic heterocycles. The van der Waals surface area contributed by atoms with Gasteiger partial charge in [-0.15, -0.1) is 0 Å². The van der Waals surface area contributed by atoms with E-state index in [1.165, 1.54) is 19.9 Å². The maximum atomic E-state index is 12.3. The van der Waals surface area contributed by atoms with Gasteiger partial charge in [-0.3, -0.25) is 14.4 Å². The van der Waals surface area contributed by atoms with Crippen molar-refractivity contribution in [2.45, 2.75) is 34.1 Å². The maximum Gasteiger partial charge on any atom is 0.308 e. The fraction of sp³-hybridized carbons (Fsp3) is 0.400. The standard InChI is InChI=1S/C15H18O5/c1-5-9(2)14(18)12-7-6-8-13(19-10(3)16)15(12)20-11(4)17/h6-9H,5H2,1-4H3. The molecule has 1 rings (SSSR count). The largest absolute Gasteiger partial charge is 0.423 e. The average Bonchev–Trinajstić information content (AvgIpc) is 2.37. The molecule has 0 saturated heterocycles. The molecule has 0 aliphatic rings. The van der Waals surface area contributed by atoms with Crippen LogP contribution in [0.25, 0.3) is 0 Å². The molecule has 1 aromatic rings. The van der Waals surface area contributed by atoms with Gasteiger partial charge in [0.25, 0.3) is 0 Å². The van der Waals surface area contributed by atoms with Gasteiger partial charge in [0, 0.05) is 19.8 Å². The molecule has 0 radical (unpaired) electrons. The van der Waals surface area contributed by atoms with Gasteiger partial charge in [0.05, 0.1) is 5.56 Å². The summed E-state index contributed by atoms with van der Waals surface area (Å²) in [6.07, 6.45) is 0.663. The lowest BCUT2D eigenvalue weighted by Crippen LogP contribution is -2.15. The van der Waals surface area contributed by atoms with Gasteiger partial charge in [-0.05, 0) is 18.6 Å². The van der Waals surface area contributed by atoms with Crippen LogP contribution in [0.1, 0.15) is 44.5 Å². The summed E-state index contributed by atoms with van der Waals surface area (Å²) in [7, 11) is 0. The van der Waals surface area contributed by atoms with Crippen molar-refractivity contribution in [3.05, 3.63) is 23.8 Å². The highest BCUT2D eigenvalue weighted by Crippen LogP contribution is 2.33. The average molecular weight is 278 g/mol. The molecule has 0 fully saturated rings. The summed E-state index contributed by atoms with van der Waals surface area (Å²) >= 11 is 0. The molecule has 1 atom stereocenters. The van der Waals surface area contributed by atoms with Crippen LogP contribution in [0.5, 0.6) is 11.5 Å². The normalized spacial score (nSPS) is 11.6. The number of carbonyl (C=O) groups excluding carboxylic acids is 3. The first-order valence-electron chi connectivity index (χ1n) is 6.40. The van der Waals surface area contributed by atoms with E-state index in [4.69, 9.17) is 9.47 Å². The number of ether oxygens (including phenoxy) is 2. The topological polar surface area (TPSA) is 69.7 Å². The molecule has 5 nitrogen and oxygen atoms in total. The first-order chi connectivity index (χ1) is 9.36. The Morgan fingerprint density at radius 3 is 2.20 bits per heavy atom. The van der Waals surface area contributed by atoms with E-state index in [2.05, 4.69) is 0 Å². The minimum atomic E-state index is -0.581. The second kappa shape index (κ2) is 6.84. The third-order valence-corrected chi connectivity index (χ3v) is 2.80. The predicted molar refractivity (Wildman–Crippen MR) is 72.8 cm³/mol. The maximum absolute atomic E-state index is 12.3. The SMILES string of the molecule is CCC(C)C(=O)c1cccc(OC(C)=O)c1OC(C)=O. The van der Waals surface area contributed by atoms with Crippen LogP contribution >= 0.6 is 0 Å². The smallest absolute Gasteiger partial charge is 0.308 e. The number of hydrogen-bond acceptors (Lipinski definition) is 5. The van der Waals surface area contributed by atoms with Crippen LogP contribution in [0.2, 0.25) is 0 Å². The van der Waals surface area contributed by atoms with Crippen LogP contribution < -0.4 is 9.47 Å². The number of rotatable bonds is 5. The van der Waals surface area contributed by atoms with Crippen LogP contribution in [0, 0.1) is 5.92 Å². The Morgan fingerprint density at radius 2 is 1.70 bits per heavy atom. The minimum Gasteiger partial charge on any atom is -0.423 e. The summed E-state index contributed by atoms with van der Waals surface area (Å²) in [6.45, 7) is 6.14. The van der Waals surface area contributed by atoms with E-state index in [9.17, 15) is 14.4 Å². The van der Waals surface area contributed by atoms with E-state index in [0.717, 1.165) is 0 Å². The molecule has 0 bridgehead atoms. The summed E-state index contributed by atoms with van der Waals surface area (Å²) in [5.74, 6) is -1.42. The summed E-state index contributed by atoms with van der Waals surface area (Å²) < 4.78 is 10.0. The van der Waals surface area contributed by atoms with E-state index < -0.39 is 11.9 Å². The molecule has 0 aliphatic heterocycles. The Morgan fingerprint density at radius 1 is 1.10 bits per heavy atom. The van der Waals surface area contributed by atoms with Gasteiger partial charge in [-0.1, -0.05) is 19.9 Å². The van der Waals surface area contributed by atoms with Gasteiger partial charge in [0.15, 0.2) is 17.3 Å². The second-order valence-corrected chi connectivity index (χ2v) is 4.49. The lowest BCUT2D eigenvalue weighted by molar-refractivity contribution is -0.134. The number of benzene rings is 1. The van der Waals surface area contributed by atoms with Crippen LogP contribution in [0.4, 0.5) is 0 Å². The molecule has 0 heterocycles. The molecule has 1 aromatic carbocycles. The first-order valence-corrected chi connectivity index (χ1v) is 6.40. The van der Waals surface area contributed by atoms with Crippen molar-refractivity contribution in [1.82, 2.24) is 0 Å². The number of esters is 2. The lowest BCUT2D eigenvalue weighted by atomic mass is 9.96. The van der Waals surface area contributed by atoms with E-state index in [1.54, 1.807) is 19.1 Å². The monoisotopic (exact) mass is 278 g/mol. The Labute approximate surface area is 117 Å². The summed E-state index contributed by atoms with van der Waals surface area (Å²) in [5, 5.41) is 0. The molecule has 108 valence electrons. The highest BCUT2D eigenvalue weighted by Gasteiger charge is 2.22. The zero-order chi connectivity index (χ0) is 15.3. The molecule has 0 amide bonds. The van der Waals surface area contributed by atoms with E-state index >= 15 is 0 Å². The summed E-state index contributed by atoms with van der Waals surface area (Å²) in [6, 6.07) is 4.62. The van der Waals surface area contributed by atoms with Crippen LogP contribution in [-0.2, 0) is 9.59 Å². The second-order valence-electron chi connectivity index (χ2n) is 4.49. The van der Waals surface area contributed by atoms with Crippen molar-refractivity contribution in [2.75, 3.05) is 0 Å². The van der Waals surface area contributed by atoms with Crippen LogP contribution in [0.3, 0.4) is 0 Å². The van der Waals surface area contributed by atoms with Crippen molar-refractivity contribution in [2.24, 2.45) is 5.92 Å². The summed E-state index contributed by atoms with van der Waals surface area (Å²) in [5.41, 5.74) is 0.244. The van der Waals surface area contributed by atoms with Gasteiger partial charge in [0.1, 0.15) is 0 Å². The Kier molecular flexibility index (Phi) is 5.43. The Hall–Kier alpha value is -2.17. The molecule has 0 aliphatic carbocycles. The molecule has 0 saturated carbocycles. The number of hydrogen-bond donors (Lipinski definition) is 0. The number of ketones is 1. The first kappa shape index (κ1) is 15.9. The molecular formula is C15H18O5. The van der Waals surface area contributed by atoms with Crippen molar-refractivity contribution < 1.29 is 23.9 Å². The summed E-state index contributed by atoms with van der Waals surface area (Å²) in [4.78, 5) is 34.6. The van der Waals surface area contributed by atoms with Gasteiger partial charge in [-0.2, -0.15) is 0 Å². The molecule has 0 N–H and O–H groups in total. The van der Waals surface area contributed by atoms with Crippen LogP contribution in [-0.4, -0.2) is 17.7 Å². The molecule has 5 heteroatoms. The minimum absolute atomic E-state index is 0.000463. The van der Waals surface area contributed by atoms with E-state index in [0.29, 0.717) is 6.42 Å². The molecule has 1 unspecified atom stereocenters. The molecule has 20 heavy (non-hydrogen) atoms. The van der Waals surface area contributed by atoms with Crippen molar-refractivity contribution in [3.63, 3.8) is 0 Å². The highest BCUT2D eigenvalue weighted by molar-refractivity contribution is 6.01. The zero-order valence-electron chi connectivity index (χ0n) is 12.1. The van der Waals surface area contributed by atoms with E-state index in [1.807, 2.05) is 6.92 Å². The third kappa shape index (κ3) is 3.91. The lowest BCUT2D eigenvalue weighted by Gasteiger charge is -2.14. The van der Waals surface area contributed by atoms with Gasteiger partial charge >= 0.3 is 11.9 Å². The van der Waals surface area contributed by atoms with Crippen molar-refractivity contribution in [1.29, 1.82) is 0 Å². The zero-order valence-corrected chi connectivity index (χ0v) is 12.1. The Balaban J connectivity index is 3.31. The molecular weight excluding hydrogens is 260 g/mol. The van der Waals surface area contributed by atoms with Crippen LogP contribution in [0.15, 0.2) is 18.2 Å². The van der Waals surface area contributed by atoms with Gasteiger partial charge in [0.2, 0.25) is 0 Å². The quantitative estimate of drug-likeness (QED) is 0.470.